The fraction of sp³-hybridized carbons (Fsp3) is 0.500. The van der Waals surface area contributed by atoms with Crippen molar-refractivity contribution >= 4 is 16.9 Å². The van der Waals surface area contributed by atoms with Gasteiger partial charge in [-0.2, -0.15) is 0 Å². The molecule has 1 amide bonds. The summed E-state index contributed by atoms with van der Waals surface area (Å²) in [6.07, 6.45) is 3.66. The van der Waals surface area contributed by atoms with Crippen LogP contribution in [0.5, 0.6) is 5.75 Å². The Kier molecular flexibility index (Phi) is 4.44. The number of rotatable bonds is 4. The van der Waals surface area contributed by atoms with E-state index in [1.807, 2.05) is 24.0 Å². The number of carbonyl (C=O) groups excluding carboxylic acids is 1. The first-order valence-electron chi connectivity index (χ1n) is 9.20. The number of carbonyl (C=O) groups is 1. The van der Waals surface area contributed by atoms with Crippen molar-refractivity contribution in [2.75, 3.05) is 26.3 Å². The second kappa shape index (κ2) is 6.76. The number of aryl methyl sites for hydroxylation is 1. The zero-order valence-electron chi connectivity index (χ0n) is 15.0. The van der Waals surface area contributed by atoms with Crippen molar-refractivity contribution in [3.05, 3.63) is 40.2 Å². The molecule has 2 aliphatic rings. The molecule has 0 atom stereocenters. The van der Waals surface area contributed by atoms with E-state index in [4.69, 9.17) is 13.9 Å². The molecule has 0 radical (unpaired) electrons. The molecule has 0 aliphatic carbocycles. The molecule has 1 aromatic carbocycles. The molecule has 1 spiro atoms. The van der Waals surface area contributed by atoms with E-state index in [0.717, 1.165) is 43.2 Å². The number of likely N-dealkylation sites (tertiary alicyclic amines) is 1. The molecule has 0 saturated carbocycles. The van der Waals surface area contributed by atoms with Gasteiger partial charge in [0, 0.05) is 30.6 Å². The number of benzene rings is 1. The van der Waals surface area contributed by atoms with E-state index in [-0.39, 0.29) is 23.7 Å². The molecule has 0 bridgehead atoms. The van der Waals surface area contributed by atoms with Crippen LogP contribution in [0.2, 0.25) is 0 Å². The second-order valence-corrected chi connectivity index (χ2v) is 7.05. The Bertz CT molecular complexity index is 873. The zero-order chi connectivity index (χ0) is 18.1. The molecule has 4 rings (SSSR count). The predicted octanol–water partition coefficient (Wildman–Crippen LogP) is 2.52. The van der Waals surface area contributed by atoms with Crippen molar-refractivity contribution < 1.29 is 18.7 Å². The summed E-state index contributed by atoms with van der Waals surface area (Å²) in [5.74, 6) is 0.501. The average molecular weight is 357 g/mol. The van der Waals surface area contributed by atoms with Crippen LogP contribution in [0.4, 0.5) is 0 Å². The molecule has 2 saturated heterocycles. The molecule has 26 heavy (non-hydrogen) atoms. The molecule has 138 valence electrons. The lowest BCUT2D eigenvalue weighted by Gasteiger charge is -2.47. The van der Waals surface area contributed by atoms with Crippen molar-refractivity contribution in [2.45, 2.75) is 38.2 Å². The molecule has 0 N–H and O–H groups in total. The molecule has 2 fully saturated rings. The normalized spacial score (nSPS) is 18.7. The van der Waals surface area contributed by atoms with E-state index < -0.39 is 0 Å². The van der Waals surface area contributed by atoms with E-state index in [9.17, 15) is 9.59 Å². The third kappa shape index (κ3) is 3.21. The highest BCUT2D eigenvalue weighted by molar-refractivity contribution is 5.82. The van der Waals surface area contributed by atoms with Crippen LogP contribution in [-0.4, -0.2) is 42.7 Å². The maximum absolute atomic E-state index is 12.4. The Morgan fingerprint density at radius 2 is 2.00 bits per heavy atom. The van der Waals surface area contributed by atoms with E-state index in [0.29, 0.717) is 24.4 Å². The molecule has 2 aliphatic heterocycles. The van der Waals surface area contributed by atoms with Crippen molar-refractivity contribution in [1.82, 2.24) is 4.90 Å². The largest absolute Gasteiger partial charge is 0.484 e. The van der Waals surface area contributed by atoms with Crippen molar-refractivity contribution in [2.24, 2.45) is 0 Å². The van der Waals surface area contributed by atoms with E-state index >= 15 is 0 Å². The lowest BCUT2D eigenvalue weighted by atomic mass is 9.84. The first kappa shape index (κ1) is 17.1. The summed E-state index contributed by atoms with van der Waals surface area (Å²) in [4.78, 5) is 25.9. The fourth-order valence-corrected chi connectivity index (χ4v) is 3.78. The molecule has 6 nitrogen and oxygen atoms in total. The summed E-state index contributed by atoms with van der Waals surface area (Å²) < 4.78 is 16.6. The smallest absolute Gasteiger partial charge is 0.336 e. The quantitative estimate of drug-likeness (QED) is 0.787. The minimum atomic E-state index is -0.372. The van der Waals surface area contributed by atoms with Crippen LogP contribution in [0.15, 0.2) is 33.5 Å². The van der Waals surface area contributed by atoms with Gasteiger partial charge in [0.25, 0.3) is 5.91 Å². The van der Waals surface area contributed by atoms with Crippen LogP contribution < -0.4 is 10.4 Å². The van der Waals surface area contributed by atoms with Crippen LogP contribution in [0.25, 0.3) is 11.0 Å². The molecule has 3 heterocycles. The summed E-state index contributed by atoms with van der Waals surface area (Å²) in [7, 11) is 0. The van der Waals surface area contributed by atoms with Crippen molar-refractivity contribution in [3.8, 4) is 5.75 Å². The van der Waals surface area contributed by atoms with E-state index in [1.165, 1.54) is 6.07 Å². The Morgan fingerprint density at radius 1 is 1.23 bits per heavy atom. The number of piperidine rings is 1. The minimum Gasteiger partial charge on any atom is -0.484 e. The number of hydrogen-bond acceptors (Lipinski definition) is 5. The van der Waals surface area contributed by atoms with Gasteiger partial charge in [0.15, 0.2) is 6.61 Å². The van der Waals surface area contributed by atoms with Gasteiger partial charge >= 0.3 is 5.63 Å². The van der Waals surface area contributed by atoms with Gasteiger partial charge in [0.2, 0.25) is 0 Å². The highest BCUT2D eigenvalue weighted by atomic mass is 16.5. The van der Waals surface area contributed by atoms with Gasteiger partial charge in [-0.15, -0.1) is 0 Å². The Morgan fingerprint density at radius 3 is 2.65 bits per heavy atom. The summed E-state index contributed by atoms with van der Waals surface area (Å²) in [6, 6.07) is 6.87. The van der Waals surface area contributed by atoms with Gasteiger partial charge in [-0.05, 0) is 43.4 Å². The van der Waals surface area contributed by atoms with Crippen molar-refractivity contribution in [3.63, 3.8) is 0 Å². The fourth-order valence-electron chi connectivity index (χ4n) is 3.78. The average Bonchev–Trinajstić information content (AvgIpc) is 2.63. The molecule has 0 unspecified atom stereocenters. The lowest BCUT2D eigenvalue weighted by Crippen LogP contribution is -2.54. The van der Waals surface area contributed by atoms with Gasteiger partial charge in [-0.25, -0.2) is 4.79 Å². The monoisotopic (exact) mass is 357 g/mol. The van der Waals surface area contributed by atoms with Gasteiger partial charge in [0.05, 0.1) is 12.2 Å². The molecular weight excluding hydrogens is 334 g/mol. The van der Waals surface area contributed by atoms with Gasteiger partial charge in [-0.1, -0.05) is 6.92 Å². The first-order chi connectivity index (χ1) is 12.6. The maximum atomic E-state index is 12.4. The molecular formula is C20H23NO5. The van der Waals surface area contributed by atoms with Gasteiger partial charge < -0.3 is 18.8 Å². The Balaban J connectivity index is 1.40. The van der Waals surface area contributed by atoms with Crippen LogP contribution >= 0.6 is 0 Å². The third-order valence-electron chi connectivity index (χ3n) is 5.54. The topological polar surface area (TPSA) is 69.0 Å². The number of ether oxygens (including phenoxy) is 2. The third-order valence-corrected chi connectivity index (χ3v) is 5.54. The zero-order valence-corrected chi connectivity index (χ0v) is 15.0. The Labute approximate surface area is 151 Å². The van der Waals surface area contributed by atoms with Gasteiger partial charge in [0.1, 0.15) is 11.3 Å². The second-order valence-electron chi connectivity index (χ2n) is 7.05. The van der Waals surface area contributed by atoms with Crippen LogP contribution in [0.3, 0.4) is 0 Å². The SMILES string of the molecule is CCc1cc(=O)oc2cc(OCC(=O)N3CCC4(CCO4)CC3)ccc12. The standard InChI is InChI=1S/C20H23NO5/c1-2-14-11-19(23)26-17-12-15(3-4-16(14)17)24-13-18(22)21-8-5-20(6-9-21)7-10-25-20/h3-4,11-12H,2,5-10,13H2,1H3. The predicted molar refractivity (Wildman–Crippen MR) is 96.5 cm³/mol. The van der Waals surface area contributed by atoms with Gasteiger partial charge in [-0.3, -0.25) is 4.79 Å². The van der Waals surface area contributed by atoms with Crippen molar-refractivity contribution in [1.29, 1.82) is 0 Å². The van der Waals surface area contributed by atoms with E-state index in [2.05, 4.69) is 0 Å². The molecule has 6 heteroatoms. The van der Waals surface area contributed by atoms with E-state index in [1.54, 1.807) is 6.07 Å². The van der Waals surface area contributed by atoms with Crippen LogP contribution in [0, 0.1) is 0 Å². The number of amides is 1. The van der Waals surface area contributed by atoms with Crippen LogP contribution in [0.1, 0.15) is 31.7 Å². The summed E-state index contributed by atoms with van der Waals surface area (Å²) in [5, 5.41) is 0.896. The number of hydrogen-bond donors (Lipinski definition) is 0. The first-order valence-corrected chi connectivity index (χ1v) is 9.20. The number of nitrogens with zero attached hydrogens (tertiary/aromatic N) is 1. The summed E-state index contributed by atoms with van der Waals surface area (Å²) in [5.41, 5.74) is 1.09. The number of fused-ring (bicyclic) bond motifs is 1. The highest BCUT2D eigenvalue weighted by Gasteiger charge is 2.41. The van der Waals surface area contributed by atoms with Crippen LogP contribution in [-0.2, 0) is 16.0 Å². The summed E-state index contributed by atoms with van der Waals surface area (Å²) >= 11 is 0. The Hall–Kier alpha value is -2.34. The highest BCUT2D eigenvalue weighted by Crippen LogP contribution is 2.36. The molecule has 1 aromatic heterocycles. The molecule has 2 aromatic rings. The summed E-state index contributed by atoms with van der Waals surface area (Å²) in [6.45, 7) is 4.25. The minimum absolute atomic E-state index is 0.0168. The maximum Gasteiger partial charge on any atom is 0.336 e. The lowest BCUT2D eigenvalue weighted by molar-refractivity contribution is -0.176.